The van der Waals surface area contributed by atoms with Crippen molar-refractivity contribution in [3.63, 3.8) is 0 Å². The molecule has 120 valence electrons. The number of esters is 1. The van der Waals surface area contributed by atoms with E-state index in [-0.39, 0.29) is 11.9 Å². The van der Waals surface area contributed by atoms with Crippen LogP contribution >= 0.6 is 0 Å². The summed E-state index contributed by atoms with van der Waals surface area (Å²) in [6, 6.07) is 5.03. The normalized spacial score (nSPS) is 34.2. The molecule has 22 heavy (non-hydrogen) atoms. The van der Waals surface area contributed by atoms with E-state index in [1.165, 1.54) is 0 Å². The molecule has 2 aliphatic rings. The predicted octanol–water partition coefficient (Wildman–Crippen LogP) is -0.0830. The van der Waals surface area contributed by atoms with Gasteiger partial charge in [-0.2, -0.15) is 0 Å². The average Bonchev–Trinajstić information content (AvgIpc) is 2.74. The summed E-state index contributed by atoms with van der Waals surface area (Å²) in [7, 11) is 0. The van der Waals surface area contributed by atoms with Gasteiger partial charge in [0.15, 0.2) is 0 Å². The number of benzene rings is 1. The van der Waals surface area contributed by atoms with Crippen molar-refractivity contribution in [2.75, 3.05) is 6.61 Å². The molecule has 2 heterocycles. The second-order valence-corrected chi connectivity index (χ2v) is 5.60. The standard InChI is InChI=1S/C15H18O7/c1-7-4-12(17)21-10-5-8(2-3-9(7)10)20-15-14(19)13(18)11(6-16)22-15/h2-3,5,7,11,13-16,18-19H,4,6H2,1H3. The van der Waals surface area contributed by atoms with Crippen LogP contribution < -0.4 is 9.47 Å². The van der Waals surface area contributed by atoms with Gasteiger partial charge in [-0.3, -0.25) is 4.79 Å². The number of rotatable bonds is 3. The number of aliphatic hydroxyl groups excluding tert-OH is 3. The summed E-state index contributed by atoms with van der Waals surface area (Å²) in [5.41, 5.74) is 0.910. The van der Waals surface area contributed by atoms with E-state index < -0.39 is 31.2 Å². The van der Waals surface area contributed by atoms with Crippen molar-refractivity contribution in [1.82, 2.24) is 0 Å². The number of fused-ring (bicyclic) bond motifs is 1. The Morgan fingerprint density at radius 1 is 1.32 bits per heavy atom. The molecule has 2 aliphatic heterocycles. The highest BCUT2D eigenvalue weighted by Crippen LogP contribution is 2.37. The molecule has 0 saturated carbocycles. The first-order valence-electron chi connectivity index (χ1n) is 7.13. The van der Waals surface area contributed by atoms with E-state index in [4.69, 9.17) is 19.3 Å². The van der Waals surface area contributed by atoms with Gasteiger partial charge in [0.1, 0.15) is 29.8 Å². The maximum atomic E-state index is 11.5. The fraction of sp³-hybridized carbons (Fsp3) is 0.533. The van der Waals surface area contributed by atoms with Crippen LogP contribution in [0.1, 0.15) is 24.8 Å². The van der Waals surface area contributed by atoms with Crippen molar-refractivity contribution in [2.24, 2.45) is 0 Å². The molecule has 7 heteroatoms. The highest BCUT2D eigenvalue weighted by molar-refractivity contribution is 5.76. The van der Waals surface area contributed by atoms with Gasteiger partial charge >= 0.3 is 5.97 Å². The Morgan fingerprint density at radius 3 is 2.77 bits per heavy atom. The van der Waals surface area contributed by atoms with Crippen LogP contribution in [0.4, 0.5) is 0 Å². The lowest BCUT2D eigenvalue weighted by molar-refractivity contribution is -0.135. The topological polar surface area (TPSA) is 105 Å². The highest BCUT2D eigenvalue weighted by Gasteiger charge is 2.44. The fourth-order valence-electron chi connectivity index (χ4n) is 2.70. The zero-order chi connectivity index (χ0) is 15.9. The lowest BCUT2D eigenvalue weighted by Crippen LogP contribution is -2.35. The van der Waals surface area contributed by atoms with E-state index in [0.29, 0.717) is 17.9 Å². The zero-order valence-electron chi connectivity index (χ0n) is 12.0. The average molecular weight is 310 g/mol. The molecule has 3 N–H and O–H groups in total. The minimum absolute atomic E-state index is 0.0687. The molecule has 0 aromatic heterocycles. The first kappa shape index (κ1) is 15.2. The Bertz CT molecular complexity index is 573. The molecule has 0 radical (unpaired) electrons. The molecular formula is C15H18O7. The number of ether oxygens (including phenoxy) is 3. The van der Waals surface area contributed by atoms with Gasteiger partial charge in [0.25, 0.3) is 0 Å². The molecule has 0 aliphatic carbocycles. The lowest BCUT2D eigenvalue weighted by atomic mass is 9.95. The van der Waals surface area contributed by atoms with Gasteiger partial charge < -0.3 is 29.5 Å². The molecule has 5 atom stereocenters. The SMILES string of the molecule is CC1CC(=O)Oc2cc(OC3OC(CO)C(O)C3O)ccc21. The summed E-state index contributed by atoms with van der Waals surface area (Å²) in [4.78, 5) is 11.5. The summed E-state index contributed by atoms with van der Waals surface area (Å²) >= 11 is 0. The van der Waals surface area contributed by atoms with Gasteiger partial charge in [-0.05, 0) is 17.5 Å². The van der Waals surface area contributed by atoms with Crippen molar-refractivity contribution in [1.29, 1.82) is 0 Å². The lowest BCUT2D eigenvalue weighted by Gasteiger charge is -2.23. The number of carbonyl (C=O) groups excluding carboxylic acids is 1. The third kappa shape index (κ3) is 2.68. The van der Waals surface area contributed by atoms with Gasteiger partial charge in [0.2, 0.25) is 6.29 Å². The Kier molecular flexibility index (Phi) is 4.05. The van der Waals surface area contributed by atoms with Gasteiger partial charge in [-0.25, -0.2) is 0 Å². The summed E-state index contributed by atoms with van der Waals surface area (Å²) in [5.74, 6) is 0.535. The van der Waals surface area contributed by atoms with Gasteiger partial charge in [-0.1, -0.05) is 13.0 Å². The van der Waals surface area contributed by atoms with E-state index >= 15 is 0 Å². The maximum absolute atomic E-state index is 11.5. The van der Waals surface area contributed by atoms with E-state index in [1.54, 1.807) is 18.2 Å². The second-order valence-electron chi connectivity index (χ2n) is 5.60. The molecule has 1 saturated heterocycles. The number of aliphatic hydroxyl groups is 3. The minimum Gasteiger partial charge on any atom is -0.462 e. The molecule has 5 unspecified atom stereocenters. The van der Waals surface area contributed by atoms with Crippen LogP contribution in [0, 0.1) is 0 Å². The molecule has 1 aromatic rings. The van der Waals surface area contributed by atoms with Crippen molar-refractivity contribution >= 4 is 5.97 Å². The Labute approximate surface area is 127 Å². The number of carbonyl (C=O) groups is 1. The third-order valence-corrected chi connectivity index (χ3v) is 3.96. The predicted molar refractivity (Wildman–Crippen MR) is 73.5 cm³/mol. The molecule has 1 aromatic carbocycles. The Balaban J connectivity index is 1.77. The third-order valence-electron chi connectivity index (χ3n) is 3.96. The van der Waals surface area contributed by atoms with Crippen molar-refractivity contribution < 1.29 is 34.3 Å². The van der Waals surface area contributed by atoms with Crippen molar-refractivity contribution in [2.45, 2.75) is 43.9 Å². The van der Waals surface area contributed by atoms with Crippen molar-refractivity contribution in [3.05, 3.63) is 23.8 Å². The summed E-state index contributed by atoms with van der Waals surface area (Å²) in [6.45, 7) is 1.52. The molecule has 1 fully saturated rings. The van der Waals surface area contributed by atoms with Crippen LogP contribution in [0.2, 0.25) is 0 Å². The van der Waals surface area contributed by atoms with E-state index in [9.17, 15) is 15.0 Å². The van der Waals surface area contributed by atoms with Crippen LogP contribution in [0.3, 0.4) is 0 Å². The molecular weight excluding hydrogens is 292 g/mol. The highest BCUT2D eigenvalue weighted by atomic mass is 16.7. The molecule has 3 rings (SSSR count). The largest absolute Gasteiger partial charge is 0.462 e. The monoisotopic (exact) mass is 310 g/mol. The van der Waals surface area contributed by atoms with Crippen LogP contribution in [-0.4, -0.2) is 52.5 Å². The quantitative estimate of drug-likeness (QED) is 0.529. The van der Waals surface area contributed by atoms with E-state index in [1.807, 2.05) is 6.92 Å². The Hall–Kier alpha value is -1.67. The first-order chi connectivity index (χ1) is 10.5. The van der Waals surface area contributed by atoms with Crippen LogP contribution in [0.25, 0.3) is 0 Å². The van der Waals surface area contributed by atoms with E-state index in [0.717, 1.165) is 5.56 Å². The first-order valence-corrected chi connectivity index (χ1v) is 7.13. The van der Waals surface area contributed by atoms with Crippen LogP contribution in [-0.2, 0) is 9.53 Å². The number of hydrogen-bond donors (Lipinski definition) is 3. The van der Waals surface area contributed by atoms with Gasteiger partial charge in [0.05, 0.1) is 13.0 Å². The van der Waals surface area contributed by atoms with Crippen LogP contribution in [0.15, 0.2) is 18.2 Å². The number of hydrogen-bond acceptors (Lipinski definition) is 7. The smallest absolute Gasteiger partial charge is 0.311 e. The zero-order valence-corrected chi connectivity index (χ0v) is 12.0. The van der Waals surface area contributed by atoms with Gasteiger partial charge in [-0.15, -0.1) is 0 Å². The minimum atomic E-state index is -1.27. The summed E-state index contributed by atoms with van der Waals surface area (Å²) in [5, 5.41) is 28.6. The van der Waals surface area contributed by atoms with Crippen molar-refractivity contribution in [3.8, 4) is 11.5 Å². The van der Waals surface area contributed by atoms with Crippen LogP contribution in [0.5, 0.6) is 11.5 Å². The molecule has 0 spiro atoms. The fourth-order valence-corrected chi connectivity index (χ4v) is 2.70. The summed E-state index contributed by atoms with van der Waals surface area (Å²) in [6.07, 6.45) is -4.14. The van der Waals surface area contributed by atoms with Gasteiger partial charge in [0, 0.05) is 6.07 Å². The second kappa shape index (κ2) is 5.85. The Morgan fingerprint density at radius 2 is 2.09 bits per heavy atom. The molecule has 7 nitrogen and oxygen atoms in total. The maximum Gasteiger partial charge on any atom is 0.311 e. The molecule has 0 amide bonds. The van der Waals surface area contributed by atoms with E-state index in [2.05, 4.69) is 0 Å². The summed E-state index contributed by atoms with van der Waals surface area (Å²) < 4.78 is 15.9. The molecule has 0 bridgehead atoms.